The normalized spacial score (nSPS) is 14.8. The fraction of sp³-hybridized carbons (Fsp3) is 0.471. The number of nitrogens with zero attached hydrogens (tertiary/aromatic N) is 3. The first-order valence-corrected chi connectivity index (χ1v) is 8.12. The number of methoxy groups -OCH3 is 1. The Bertz CT molecular complexity index is 768. The zero-order valence-corrected chi connectivity index (χ0v) is 14.2. The monoisotopic (exact) mass is 330 g/mol. The molecule has 128 valence electrons. The summed E-state index contributed by atoms with van der Waals surface area (Å²) in [4.78, 5) is 30.7. The van der Waals surface area contributed by atoms with E-state index in [9.17, 15) is 9.59 Å². The summed E-state index contributed by atoms with van der Waals surface area (Å²) in [5.41, 5.74) is 1.87. The van der Waals surface area contributed by atoms with Gasteiger partial charge in [0.25, 0.3) is 0 Å². The van der Waals surface area contributed by atoms with E-state index in [-0.39, 0.29) is 11.9 Å². The maximum atomic E-state index is 12.7. The first kappa shape index (κ1) is 16.3. The summed E-state index contributed by atoms with van der Waals surface area (Å²) in [6, 6.07) is 6.82. The quantitative estimate of drug-likeness (QED) is 0.872. The number of hydrogen-bond donors (Lipinski definition) is 1. The number of hydrogen-bond acceptors (Lipinski definition) is 4. The minimum absolute atomic E-state index is 0.262. The van der Waals surface area contributed by atoms with E-state index in [4.69, 9.17) is 4.74 Å². The lowest BCUT2D eigenvalue weighted by Crippen LogP contribution is -2.48. The van der Waals surface area contributed by atoms with Crippen LogP contribution < -0.4 is 10.2 Å². The lowest BCUT2D eigenvalue weighted by atomic mass is 10.0. The fourth-order valence-electron chi connectivity index (χ4n) is 3.04. The van der Waals surface area contributed by atoms with Crippen molar-refractivity contribution in [1.82, 2.24) is 14.9 Å². The number of amides is 2. The maximum Gasteiger partial charge on any atom is 0.328 e. The van der Waals surface area contributed by atoms with Gasteiger partial charge in [-0.1, -0.05) is 26.0 Å². The first-order chi connectivity index (χ1) is 11.5. The number of imidazole rings is 1. The van der Waals surface area contributed by atoms with Crippen LogP contribution in [0.15, 0.2) is 24.3 Å². The summed E-state index contributed by atoms with van der Waals surface area (Å²) in [6.07, 6.45) is 0.530. The van der Waals surface area contributed by atoms with Crippen molar-refractivity contribution in [3.05, 3.63) is 24.3 Å². The molecular formula is C17H22N4O3. The Balaban J connectivity index is 1.80. The number of ether oxygens (including phenoxy) is 1. The zero-order valence-electron chi connectivity index (χ0n) is 14.2. The summed E-state index contributed by atoms with van der Waals surface area (Å²) in [5, 5.41) is 2.79. The minimum Gasteiger partial charge on any atom is -0.467 e. The Hall–Kier alpha value is -2.57. The highest BCUT2D eigenvalue weighted by atomic mass is 16.5. The molecule has 0 bridgehead atoms. The molecule has 0 unspecified atom stereocenters. The maximum absolute atomic E-state index is 12.7. The van der Waals surface area contributed by atoms with E-state index in [1.807, 2.05) is 42.7 Å². The number of carbonyl (C=O) groups is 2. The van der Waals surface area contributed by atoms with Crippen LogP contribution in [0, 0.1) is 5.92 Å². The number of benzene rings is 1. The number of para-hydroxylation sites is 2. The average molecular weight is 330 g/mol. The standard InChI is InChI=1S/C17H22N4O3/c1-11(2)10-13(15(22)24-3)19-17(23)21-9-8-20-14-7-5-4-6-12(14)18-16(20)21/h4-7,11,13H,8-10H2,1-3H3,(H,19,23)/t13-/m0/s1. The molecule has 0 fully saturated rings. The predicted octanol–water partition coefficient (Wildman–Crippen LogP) is 2.15. The van der Waals surface area contributed by atoms with Crippen LogP contribution in [0.4, 0.5) is 10.7 Å². The van der Waals surface area contributed by atoms with Gasteiger partial charge in [0.2, 0.25) is 5.95 Å². The van der Waals surface area contributed by atoms with E-state index in [0.29, 0.717) is 25.5 Å². The van der Waals surface area contributed by atoms with E-state index < -0.39 is 12.0 Å². The first-order valence-electron chi connectivity index (χ1n) is 8.12. The molecule has 0 saturated carbocycles. The molecule has 2 heterocycles. The van der Waals surface area contributed by atoms with Crippen LogP contribution in [0.3, 0.4) is 0 Å². The van der Waals surface area contributed by atoms with Crippen molar-refractivity contribution >= 4 is 29.0 Å². The number of fused-ring (bicyclic) bond motifs is 3. The molecule has 1 aliphatic rings. The van der Waals surface area contributed by atoms with Crippen LogP contribution in [0.2, 0.25) is 0 Å². The van der Waals surface area contributed by atoms with Crippen LogP contribution in [-0.4, -0.2) is 41.2 Å². The number of aromatic nitrogens is 2. The van der Waals surface area contributed by atoms with E-state index in [1.165, 1.54) is 7.11 Å². The molecule has 24 heavy (non-hydrogen) atoms. The Labute approximate surface area is 140 Å². The number of rotatable bonds is 4. The molecule has 0 spiro atoms. The third kappa shape index (κ3) is 2.93. The minimum atomic E-state index is -0.652. The summed E-state index contributed by atoms with van der Waals surface area (Å²) < 4.78 is 6.82. The van der Waals surface area contributed by atoms with E-state index in [0.717, 1.165) is 11.0 Å². The predicted molar refractivity (Wildman–Crippen MR) is 90.9 cm³/mol. The van der Waals surface area contributed by atoms with Gasteiger partial charge in [0.05, 0.1) is 18.1 Å². The largest absolute Gasteiger partial charge is 0.467 e. The molecule has 2 aromatic rings. The summed E-state index contributed by atoms with van der Waals surface area (Å²) in [6.45, 7) is 5.22. The van der Waals surface area contributed by atoms with Gasteiger partial charge in [0.1, 0.15) is 6.04 Å². The van der Waals surface area contributed by atoms with Gasteiger partial charge in [0, 0.05) is 13.1 Å². The fourth-order valence-corrected chi connectivity index (χ4v) is 3.04. The summed E-state index contributed by atoms with van der Waals surface area (Å²) >= 11 is 0. The van der Waals surface area contributed by atoms with Gasteiger partial charge in [-0.05, 0) is 24.5 Å². The highest BCUT2D eigenvalue weighted by Gasteiger charge is 2.31. The van der Waals surface area contributed by atoms with Crippen molar-refractivity contribution in [3.63, 3.8) is 0 Å². The lowest BCUT2D eigenvalue weighted by molar-refractivity contribution is -0.143. The molecule has 1 aliphatic heterocycles. The Kier molecular flexibility index (Phi) is 4.42. The lowest BCUT2D eigenvalue weighted by Gasteiger charge is -2.21. The second-order valence-corrected chi connectivity index (χ2v) is 6.36. The molecule has 3 rings (SSSR count). The summed E-state index contributed by atoms with van der Waals surface area (Å²) in [5.74, 6) is 0.448. The van der Waals surface area contributed by atoms with Crippen LogP contribution in [-0.2, 0) is 16.1 Å². The van der Waals surface area contributed by atoms with Crippen LogP contribution in [0.5, 0.6) is 0 Å². The average Bonchev–Trinajstić information content (AvgIpc) is 3.11. The smallest absolute Gasteiger partial charge is 0.328 e. The van der Waals surface area contributed by atoms with Crippen molar-refractivity contribution in [3.8, 4) is 0 Å². The second kappa shape index (κ2) is 6.51. The van der Waals surface area contributed by atoms with Crippen LogP contribution in [0.1, 0.15) is 20.3 Å². The van der Waals surface area contributed by atoms with E-state index >= 15 is 0 Å². The molecule has 0 radical (unpaired) electrons. The van der Waals surface area contributed by atoms with Gasteiger partial charge in [0.15, 0.2) is 0 Å². The third-order valence-electron chi connectivity index (χ3n) is 4.16. The van der Waals surface area contributed by atoms with E-state index in [1.54, 1.807) is 4.90 Å². The number of anilines is 1. The van der Waals surface area contributed by atoms with Gasteiger partial charge in [-0.3, -0.25) is 4.90 Å². The van der Waals surface area contributed by atoms with Gasteiger partial charge in [-0.2, -0.15) is 0 Å². The molecule has 2 amide bonds. The molecule has 7 heteroatoms. The zero-order chi connectivity index (χ0) is 17.3. The highest BCUT2D eigenvalue weighted by Crippen LogP contribution is 2.27. The molecular weight excluding hydrogens is 308 g/mol. The SMILES string of the molecule is COC(=O)[C@H](CC(C)C)NC(=O)N1CCn2c1nc1ccccc12. The van der Waals surface area contributed by atoms with Gasteiger partial charge < -0.3 is 14.6 Å². The molecule has 1 N–H and O–H groups in total. The van der Waals surface area contributed by atoms with Crippen molar-refractivity contribution in [2.24, 2.45) is 5.92 Å². The number of nitrogens with one attached hydrogen (secondary N) is 1. The molecule has 1 aromatic heterocycles. The Morgan fingerprint density at radius 3 is 2.75 bits per heavy atom. The third-order valence-corrected chi connectivity index (χ3v) is 4.16. The highest BCUT2D eigenvalue weighted by molar-refractivity contribution is 5.95. The van der Waals surface area contributed by atoms with Crippen LogP contribution in [0.25, 0.3) is 11.0 Å². The molecule has 1 atom stereocenters. The summed E-state index contributed by atoms with van der Waals surface area (Å²) in [7, 11) is 1.33. The van der Waals surface area contributed by atoms with Crippen molar-refractivity contribution < 1.29 is 14.3 Å². The Morgan fingerprint density at radius 1 is 1.29 bits per heavy atom. The molecule has 7 nitrogen and oxygen atoms in total. The molecule has 0 aliphatic carbocycles. The number of esters is 1. The van der Waals surface area contributed by atoms with Crippen LogP contribution >= 0.6 is 0 Å². The number of urea groups is 1. The topological polar surface area (TPSA) is 76.5 Å². The van der Waals surface area contributed by atoms with Crippen molar-refractivity contribution in [2.45, 2.75) is 32.9 Å². The second-order valence-electron chi connectivity index (χ2n) is 6.36. The van der Waals surface area contributed by atoms with Crippen molar-refractivity contribution in [1.29, 1.82) is 0 Å². The van der Waals surface area contributed by atoms with Gasteiger partial charge in [-0.25, -0.2) is 14.6 Å². The molecule has 0 saturated heterocycles. The molecule has 1 aromatic carbocycles. The van der Waals surface area contributed by atoms with E-state index in [2.05, 4.69) is 10.3 Å². The van der Waals surface area contributed by atoms with Crippen molar-refractivity contribution in [2.75, 3.05) is 18.6 Å². The van der Waals surface area contributed by atoms with Gasteiger partial charge in [-0.15, -0.1) is 0 Å². The van der Waals surface area contributed by atoms with Gasteiger partial charge >= 0.3 is 12.0 Å². The number of carbonyl (C=O) groups excluding carboxylic acids is 2. The Morgan fingerprint density at radius 2 is 2.04 bits per heavy atom.